The standard InChI is InChI=1S/C33H32FN7O2/c1-4-6-32(42)37-23-12-21(17-35-18-23)29-16-27-31(19-36-29)39-40-33(27)30-15-26-25(7-5-8-28(26)38-30)20-11-22(34)14-24(13-20)43-10-9-41(2)3/h5,7-8,11-19,38H,4,6,9-10H2,1-3H3,(H,37,42)(H,39,40). The molecule has 0 fully saturated rings. The summed E-state index contributed by atoms with van der Waals surface area (Å²) < 4.78 is 20.5. The highest BCUT2D eigenvalue weighted by Gasteiger charge is 2.16. The summed E-state index contributed by atoms with van der Waals surface area (Å²) in [6, 6.07) is 16.6. The summed E-state index contributed by atoms with van der Waals surface area (Å²) >= 11 is 0. The molecule has 0 aliphatic rings. The average Bonchev–Trinajstić information content (AvgIpc) is 3.60. The van der Waals surface area contributed by atoms with Crippen LogP contribution in [0.3, 0.4) is 0 Å². The normalized spacial score (nSPS) is 11.5. The molecule has 9 nitrogen and oxygen atoms in total. The van der Waals surface area contributed by atoms with Crippen LogP contribution in [0.4, 0.5) is 10.1 Å². The number of hydrogen-bond acceptors (Lipinski definition) is 6. The Morgan fingerprint density at radius 1 is 1.00 bits per heavy atom. The van der Waals surface area contributed by atoms with Crippen molar-refractivity contribution in [1.82, 2.24) is 30.0 Å². The van der Waals surface area contributed by atoms with E-state index < -0.39 is 0 Å². The first kappa shape index (κ1) is 28.0. The summed E-state index contributed by atoms with van der Waals surface area (Å²) in [7, 11) is 3.94. The molecule has 218 valence electrons. The molecule has 6 aromatic rings. The molecule has 0 saturated carbocycles. The molecule has 2 aromatic carbocycles. The lowest BCUT2D eigenvalue weighted by molar-refractivity contribution is -0.116. The lowest BCUT2D eigenvalue weighted by atomic mass is 10.0. The largest absolute Gasteiger partial charge is 0.492 e. The molecule has 0 unspecified atom stereocenters. The molecular weight excluding hydrogens is 545 g/mol. The molecule has 0 saturated heterocycles. The lowest BCUT2D eigenvalue weighted by Crippen LogP contribution is -2.19. The van der Waals surface area contributed by atoms with Crippen LogP contribution >= 0.6 is 0 Å². The molecule has 3 N–H and O–H groups in total. The van der Waals surface area contributed by atoms with Gasteiger partial charge < -0.3 is 19.9 Å². The van der Waals surface area contributed by atoms with E-state index in [0.717, 1.165) is 62.8 Å². The van der Waals surface area contributed by atoms with Crippen molar-refractivity contribution in [2.75, 3.05) is 32.6 Å². The van der Waals surface area contributed by atoms with Gasteiger partial charge in [-0.3, -0.25) is 19.9 Å². The third-order valence-electron chi connectivity index (χ3n) is 7.15. The maximum absolute atomic E-state index is 14.7. The molecule has 1 amide bonds. The Bertz CT molecular complexity index is 1930. The fourth-order valence-electron chi connectivity index (χ4n) is 5.06. The van der Waals surface area contributed by atoms with Crippen LogP contribution in [-0.2, 0) is 4.79 Å². The summed E-state index contributed by atoms with van der Waals surface area (Å²) in [6.07, 6.45) is 6.30. The highest BCUT2D eigenvalue weighted by molar-refractivity contribution is 6.01. The molecule has 0 spiro atoms. The second-order valence-electron chi connectivity index (χ2n) is 10.7. The number of ether oxygens (including phenoxy) is 1. The van der Waals surface area contributed by atoms with Crippen molar-refractivity contribution in [1.29, 1.82) is 0 Å². The molecule has 43 heavy (non-hydrogen) atoms. The number of halogens is 1. The zero-order valence-electron chi connectivity index (χ0n) is 24.2. The summed E-state index contributed by atoms with van der Waals surface area (Å²) in [5.74, 6) is 0.0878. The van der Waals surface area contributed by atoms with Crippen LogP contribution in [0.5, 0.6) is 5.75 Å². The molecule has 4 aromatic heterocycles. The number of aromatic nitrogens is 5. The van der Waals surface area contributed by atoms with E-state index in [-0.39, 0.29) is 11.7 Å². The van der Waals surface area contributed by atoms with Gasteiger partial charge in [0.05, 0.1) is 35.0 Å². The number of nitrogens with one attached hydrogen (secondary N) is 3. The number of carbonyl (C=O) groups excluding carboxylic acids is 1. The zero-order valence-corrected chi connectivity index (χ0v) is 24.2. The number of carbonyl (C=O) groups is 1. The van der Waals surface area contributed by atoms with Crippen LogP contribution in [0.2, 0.25) is 0 Å². The monoisotopic (exact) mass is 577 g/mol. The minimum atomic E-state index is -0.355. The van der Waals surface area contributed by atoms with E-state index in [0.29, 0.717) is 30.2 Å². The summed E-state index contributed by atoms with van der Waals surface area (Å²) in [5, 5.41) is 12.4. The number of fused-ring (bicyclic) bond motifs is 2. The number of H-pyrrole nitrogens is 2. The third kappa shape index (κ3) is 6.09. The van der Waals surface area contributed by atoms with Crippen LogP contribution in [0.25, 0.3) is 55.6 Å². The van der Waals surface area contributed by atoms with Crippen LogP contribution in [0, 0.1) is 5.82 Å². The van der Waals surface area contributed by atoms with Gasteiger partial charge in [-0.2, -0.15) is 5.10 Å². The fraction of sp³-hybridized carbons (Fsp3) is 0.212. The van der Waals surface area contributed by atoms with Gasteiger partial charge in [0, 0.05) is 47.1 Å². The Balaban J connectivity index is 1.35. The van der Waals surface area contributed by atoms with Crippen molar-refractivity contribution >= 4 is 33.4 Å². The molecule has 0 aliphatic heterocycles. The first-order valence-electron chi connectivity index (χ1n) is 14.2. The number of amides is 1. The van der Waals surface area contributed by atoms with Crippen LogP contribution in [0.1, 0.15) is 19.8 Å². The molecule has 10 heteroatoms. The van der Waals surface area contributed by atoms with E-state index >= 15 is 0 Å². The first-order chi connectivity index (χ1) is 20.9. The van der Waals surface area contributed by atoms with Crippen molar-refractivity contribution in [2.24, 2.45) is 0 Å². The van der Waals surface area contributed by atoms with E-state index in [9.17, 15) is 9.18 Å². The molecule has 0 aliphatic carbocycles. The number of rotatable bonds is 10. The predicted octanol–water partition coefficient (Wildman–Crippen LogP) is 6.65. The van der Waals surface area contributed by atoms with Gasteiger partial charge in [-0.25, -0.2) is 4.39 Å². The van der Waals surface area contributed by atoms with Gasteiger partial charge in [-0.1, -0.05) is 19.1 Å². The number of likely N-dealkylation sites (N-methyl/N-ethyl adjacent to an activating group) is 1. The number of benzene rings is 2. The highest BCUT2D eigenvalue weighted by atomic mass is 19.1. The van der Waals surface area contributed by atoms with Gasteiger partial charge in [0.2, 0.25) is 5.91 Å². The summed E-state index contributed by atoms with van der Waals surface area (Å²) in [5.41, 5.74) is 6.93. The van der Waals surface area contributed by atoms with Gasteiger partial charge in [0.15, 0.2) is 0 Å². The lowest BCUT2D eigenvalue weighted by Gasteiger charge is -2.12. The summed E-state index contributed by atoms with van der Waals surface area (Å²) in [4.78, 5) is 26.5. The molecule has 0 atom stereocenters. The Kier molecular flexibility index (Phi) is 7.84. The zero-order chi connectivity index (χ0) is 29.9. The summed E-state index contributed by atoms with van der Waals surface area (Å²) in [6.45, 7) is 3.16. The second kappa shape index (κ2) is 12.0. The van der Waals surface area contributed by atoms with Gasteiger partial charge in [-0.05, 0) is 68.0 Å². The van der Waals surface area contributed by atoms with E-state index in [1.807, 2.05) is 68.4 Å². The molecule has 0 radical (unpaired) electrons. The van der Waals surface area contributed by atoms with Crippen molar-refractivity contribution in [3.63, 3.8) is 0 Å². The number of aromatic amines is 2. The Labute approximate surface area is 248 Å². The Morgan fingerprint density at radius 2 is 1.88 bits per heavy atom. The van der Waals surface area contributed by atoms with E-state index in [1.54, 1.807) is 18.6 Å². The Hall–Kier alpha value is -5.09. The van der Waals surface area contributed by atoms with E-state index in [2.05, 4.69) is 30.5 Å². The Morgan fingerprint density at radius 3 is 2.72 bits per heavy atom. The maximum Gasteiger partial charge on any atom is 0.224 e. The molecule has 6 rings (SSSR count). The van der Waals surface area contributed by atoms with Crippen molar-refractivity contribution in [2.45, 2.75) is 19.8 Å². The topological polar surface area (TPSA) is 112 Å². The second-order valence-corrected chi connectivity index (χ2v) is 10.7. The number of anilines is 1. The quantitative estimate of drug-likeness (QED) is 0.168. The number of pyridine rings is 2. The van der Waals surface area contributed by atoms with Gasteiger partial charge >= 0.3 is 0 Å². The van der Waals surface area contributed by atoms with Crippen LogP contribution in [-0.4, -0.2) is 63.2 Å². The van der Waals surface area contributed by atoms with Crippen molar-refractivity contribution in [3.8, 4) is 39.5 Å². The van der Waals surface area contributed by atoms with Crippen molar-refractivity contribution < 1.29 is 13.9 Å². The minimum absolute atomic E-state index is 0.0496. The van der Waals surface area contributed by atoms with Crippen LogP contribution < -0.4 is 10.1 Å². The van der Waals surface area contributed by atoms with E-state index in [1.165, 1.54) is 12.1 Å². The molecule has 0 bridgehead atoms. The predicted molar refractivity (Wildman–Crippen MR) is 167 cm³/mol. The van der Waals surface area contributed by atoms with Gasteiger partial charge in [0.25, 0.3) is 0 Å². The SMILES string of the molecule is CCCC(=O)Nc1cncc(-c2cc3c(-c4cc5c(-c6cc(F)cc(OCCN(C)C)c6)cccc5[nH]4)n[nH]c3cn2)c1. The van der Waals surface area contributed by atoms with Crippen molar-refractivity contribution in [3.05, 3.63) is 79.0 Å². The molecular formula is C33H32FN7O2. The van der Waals surface area contributed by atoms with E-state index in [4.69, 9.17) is 4.74 Å². The van der Waals surface area contributed by atoms with Gasteiger partial charge in [0.1, 0.15) is 23.9 Å². The third-order valence-corrected chi connectivity index (χ3v) is 7.15. The average molecular weight is 578 g/mol. The number of hydrogen-bond donors (Lipinski definition) is 3. The highest BCUT2D eigenvalue weighted by Crippen LogP contribution is 2.36. The maximum atomic E-state index is 14.7. The van der Waals surface area contributed by atoms with Crippen LogP contribution in [0.15, 0.2) is 73.2 Å². The smallest absolute Gasteiger partial charge is 0.224 e. The molecule has 4 heterocycles. The number of nitrogens with zero attached hydrogens (tertiary/aromatic N) is 4. The van der Waals surface area contributed by atoms with Gasteiger partial charge in [-0.15, -0.1) is 0 Å². The first-order valence-corrected chi connectivity index (χ1v) is 14.2. The minimum Gasteiger partial charge on any atom is -0.492 e. The fourth-order valence-corrected chi connectivity index (χ4v) is 5.06.